The zero-order valence-electron chi connectivity index (χ0n) is 30.0. The quantitative estimate of drug-likeness (QED) is 0.173. The maximum Gasteiger partial charge on any atom is 0.0979 e. The fraction of sp³-hybridized carbons (Fsp3) is 0.0800. The van der Waals surface area contributed by atoms with E-state index < -0.39 is 0 Å². The molecule has 8 aromatic carbocycles. The van der Waals surface area contributed by atoms with Crippen molar-refractivity contribution in [2.24, 2.45) is 0 Å². The summed E-state index contributed by atoms with van der Waals surface area (Å²) in [7, 11) is 0. The Hall–Kier alpha value is -6.58. The second kappa shape index (κ2) is 12.0. The molecule has 0 radical (unpaired) electrons. The molecule has 0 fully saturated rings. The molecule has 0 saturated heterocycles. The summed E-state index contributed by atoms with van der Waals surface area (Å²) in [5.74, 6) is 0. The van der Waals surface area contributed by atoms with Crippen molar-refractivity contribution in [3.8, 4) is 39.2 Å². The van der Waals surface area contributed by atoms with Crippen molar-refractivity contribution in [2.45, 2.75) is 26.2 Å². The van der Waals surface area contributed by atoms with Crippen molar-refractivity contribution in [1.29, 1.82) is 0 Å². The highest BCUT2D eigenvalue weighted by Crippen LogP contribution is 2.39. The highest BCUT2D eigenvalue weighted by atomic mass is 15.0. The van der Waals surface area contributed by atoms with Crippen LogP contribution < -0.4 is 0 Å². The maximum absolute atomic E-state index is 5.49. The minimum atomic E-state index is -0.218. The molecule has 0 atom stereocenters. The monoisotopic (exact) mass is 679 g/mol. The first-order valence-electron chi connectivity index (χ1n) is 18.3. The van der Waals surface area contributed by atoms with Crippen LogP contribution in [0.15, 0.2) is 170 Å². The van der Waals surface area contributed by atoms with Crippen molar-refractivity contribution in [2.75, 3.05) is 0 Å². The SMILES string of the molecule is CC(C)(C)c1nc2c3ccccc3c3ccccc3c2nc1-c1cccc(-c2cccc(-c3ccc(-n4c5ccccc5c5ccccc54)cc3)c2)c1. The summed E-state index contributed by atoms with van der Waals surface area (Å²) in [5, 5.41) is 7.22. The molecule has 252 valence electrons. The topological polar surface area (TPSA) is 30.7 Å². The molecule has 0 saturated carbocycles. The van der Waals surface area contributed by atoms with Crippen LogP contribution in [0.25, 0.3) is 93.6 Å². The molecular weight excluding hydrogens is 643 g/mol. The standard InChI is InChI=1S/C50H37N3/c1-50(2,3)49-46(51-47-42-22-6-4-18-38(42)39-19-5-7-23-43(39)48(47)52-49)36-17-13-16-35(31-36)34-15-12-14-33(30-34)32-26-28-37(29-27-32)53-44-24-10-8-20-40(44)41-21-9-11-25-45(41)53/h4-31H,1-3H3. The van der Waals surface area contributed by atoms with Crippen molar-refractivity contribution in [1.82, 2.24) is 14.5 Å². The van der Waals surface area contributed by atoms with E-state index in [2.05, 4.69) is 195 Å². The lowest BCUT2D eigenvalue weighted by molar-refractivity contribution is 0.571. The van der Waals surface area contributed by atoms with Crippen LogP contribution in [0.5, 0.6) is 0 Å². The van der Waals surface area contributed by atoms with Gasteiger partial charge in [-0.15, -0.1) is 0 Å². The molecule has 0 spiro atoms. The van der Waals surface area contributed by atoms with Gasteiger partial charge in [0.25, 0.3) is 0 Å². The lowest BCUT2D eigenvalue weighted by atomic mass is 9.87. The molecule has 3 heteroatoms. The minimum Gasteiger partial charge on any atom is -0.309 e. The van der Waals surface area contributed by atoms with E-state index in [0.29, 0.717) is 0 Å². The second-order valence-corrected chi connectivity index (χ2v) is 15.0. The number of hydrogen-bond acceptors (Lipinski definition) is 2. The Morgan fingerprint density at radius 2 is 0.811 bits per heavy atom. The molecule has 0 unspecified atom stereocenters. The summed E-state index contributed by atoms with van der Waals surface area (Å²) >= 11 is 0. The van der Waals surface area contributed by atoms with Crippen LogP contribution in [-0.4, -0.2) is 14.5 Å². The average molecular weight is 680 g/mol. The number of para-hydroxylation sites is 2. The number of benzene rings is 8. The number of rotatable bonds is 4. The predicted octanol–water partition coefficient (Wildman–Crippen LogP) is 13.3. The lowest BCUT2D eigenvalue weighted by Crippen LogP contribution is -2.16. The van der Waals surface area contributed by atoms with Crippen molar-refractivity contribution < 1.29 is 0 Å². The number of hydrogen-bond donors (Lipinski definition) is 0. The van der Waals surface area contributed by atoms with Gasteiger partial charge < -0.3 is 4.57 Å². The highest BCUT2D eigenvalue weighted by Gasteiger charge is 2.25. The van der Waals surface area contributed by atoms with Crippen LogP contribution in [0.4, 0.5) is 0 Å². The number of aromatic nitrogens is 3. The van der Waals surface area contributed by atoms with Crippen LogP contribution in [0.3, 0.4) is 0 Å². The molecule has 3 nitrogen and oxygen atoms in total. The third-order valence-corrected chi connectivity index (χ3v) is 10.6. The Kier molecular flexibility index (Phi) is 7.06. The van der Waals surface area contributed by atoms with E-state index in [0.717, 1.165) is 50.0 Å². The lowest BCUT2D eigenvalue weighted by Gasteiger charge is -2.23. The van der Waals surface area contributed by atoms with Crippen molar-refractivity contribution in [3.05, 3.63) is 176 Å². The third-order valence-electron chi connectivity index (χ3n) is 10.6. The van der Waals surface area contributed by atoms with Gasteiger partial charge in [-0.25, -0.2) is 9.97 Å². The Morgan fingerprint density at radius 1 is 0.377 bits per heavy atom. The molecule has 0 bridgehead atoms. The molecule has 2 aromatic heterocycles. The Labute approximate surface area is 308 Å². The summed E-state index contributed by atoms with van der Waals surface area (Å²) in [6.45, 7) is 6.69. The van der Waals surface area contributed by atoms with E-state index in [-0.39, 0.29) is 5.41 Å². The van der Waals surface area contributed by atoms with Crippen LogP contribution in [0, 0.1) is 0 Å². The highest BCUT2D eigenvalue weighted by molar-refractivity contribution is 6.23. The molecule has 10 rings (SSSR count). The van der Waals surface area contributed by atoms with Gasteiger partial charge in [0.05, 0.1) is 33.5 Å². The molecule has 0 aliphatic heterocycles. The molecule has 10 aromatic rings. The first-order chi connectivity index (χ1) is 25.9. The number of nitrogens with zero attached hydrogens (tertiary/aromatic N) is 3. The molecule has 0 aliphatic carbocycles. The van der Waals surface area contributed by atoms with Gasteiger partial charge in [0.2, 0.25) is 0 Å². The van der Waals surface area contributed by atoms with Crippen LogP contribution >= 0.6 is 0 Å². The Balaban J connectivity index is 1.06. The summed E-state index contributed by atoms with van der Waals surface area (Å²) in [4.78, 5) is 10.9. The van der Waals surface area contributed by atoms with Gasteiger partial charge in [0.15, 0.2) is 0 Å². The van der Waals surface area contributed by atoms with Gasteiger partial charge >= 0.3 is 0 Å². The average Bonchev–Trinajstić information content (AvgIpc) is 3.55. The zero-order valence-corrected chi connectivity index (χ0v) is 30.0. The maximum atomic E-state index is 5.49. The van der Waals surface area contributed by atoms with E-state index in [1.807, 2.05) is 0 Å². The predicted molar refractivity (Wildman–Crippen MR) is 224 cm³/mol. The van der Waals surface area contributed by atoms with E-state index in [1.54, 1.807) is 0 Å². The molecule has 0 aliphatic rings. The van der Waals surface area contributed by atoms with Crippen LogP contribution in [0.1, 0.15) is 26.5 Å². The first kappa shape index (κ1) is 31.2. The van der Waals surface area contributed by atoms with Crippen molar-refractivity contribution >= 4 is 54.4 Å². The Bertz CT molecular complexity index is 2980. The molecular formula is C50H37N3. The van der Waals surface area contributed by atoms with Gasteiger partial charge in [-0.1, -0.05) is 154 Å². The van der Waals surface area contributed by atoms with E-state index in [4.69, 9.17) is 9.97 Å². The van der Waals surface area contributed by atoms with Gasteiger partial charge in [-0.3, -0.25) is 0 Å². The fourth-order valence-electron chi connectivity index (χ4n) is 8.11. The van der Waals surface area contributed by atoms with E-state index >= 15 is 0 Å². The van der Waals surface area contributed by atoms with E-state index in [1.165, 1.54) is 49.3 Å². The summed E-state index contributed by atoms with van der Waals surface area (Å²) in [6, 6.07) is 61.1. The molecule has 53 heavy (non-hydrogen) atoms. The minimum absolute atomic E-state index is 0.218. The fourth-order valence-corrected chi connectivity index (χ4v) is 8.11. The first-order valence-corrected chi connectivity index (χ1v) is 18.3. The number of fused-ring (bicyclic) bond motifs is 9. The van der Waals surface area contributed by atoms with Crippen LogP contribution in [0.2, 0.25) is 0 Å². The van der Waals surface area contributed by atoms with Crippen molar-refractivity contribution in [3.63, 3.8) is 0 Å². The summed E-state index contributed by atoms with van der Waals surface area (Å²) in [6.07, 6.45) is 0. The largest absolute Gasteiger partial charge is 0.309 e. The van der Waals surface area contributed by atoms with Gasteiger partial charge in [-0.05, 0) is 69.4 Å². The zero-order chi connectivity index (χ0) is 35.7. The van der Waals surface area contributed by atoms with E-state index in [9.17, 15) is 0 Å². The molecule has 0 N–H and O–H groups in total. The smallest absolute Gasteiger partial charge is 0.0979 e. The third kappa shape index (κ3) is 5.11. The molecule has 2 heterocycles. The van der Waals surface area contributed by atoms with Gasteiger partial charge in [0, 0.05) is 38.2 Å². The summed E-state index contributed by atoms with van der Waals surface area (Å²) < 4.78 is 2.36. The van der Waals surface area contributed by atoms with Crippen LogP contribution in [-0.2, 0) is 5.41 Å². The summed E-state index contributed by atoms with van der Waals surface area (Å²) in [5.41, 5.74) is 13.0. The Morgan fingerprint density at radius 3 is 1.36 bits per heavy atom. The van der Waals surface area contributed by atoms with Gasteiger partial charge in [-0.2, -0.15) is 0 Å². The second-order valence-electron chi connectivity index (χ2n) is 15.0. The normalized spacial score (nSPS) is 12.1. The van der Waals surface area contributed by atoms with Gasteiger partial charge in [0.1, 0.15) is 0 Å². The molecule has 0 amide bonds.